The highest BCUT2D eigenvalue weighted by molar-refractivity contribution is 5.79. The van der Waals surface area contributed by atoms with Crippen LogP contribution in [0.25, 0.3) is 11.1 Å². The molecule has 0 bridgehead atoms. The minimum absolute atomic E-state index is 0.0635. The number of carbonyl (C=O) groups excluding carboxylic acids is 1. The van der Waals surface area contributed by atoms with Gasteiger partial charge < -0.3 is 19.4 Å². The van der Waals surface area contributed by atoms with E-state index in [1.807, 2.05) is 55.5 Å². The van der Waals surface area contributed by atoms with E-state index in [2.05, 4.69) is 15.2 Å². The van der Waals surface area contributed by atoms with Crippen LogP contribution in [-0.2, 0) is 11.3 Å². The summed E-state index contributed by atoms with van der Waals surface area (Å²) in [6.07, 6.45) is 1.83. The Morgan fingerprint density at radius 3 is 2.86 bits per heavy atom. The molecular formula is C22H25N3O3. The van der Waals surface area contributed by atoms with Gasteiger partial charge in [0.05, 0.1) is 12.5 Å². The van der Waals surface area contributed by atoms with Crippen molar-refractivity contribution < 1.29 is 13.9 Å². The molecule has 6 heteroatoms. The first-order chi connectivity index (χ1) is 13.7. The lowest BCUT2D eigenvalue weighted by atomic mass is 9.97. The number of aromatic nitrogens is 1. The SMILES string of the molecule is CCOc1ccc(CNC(=O)C2CCCN(c3nc4ccccc4o3)C2)cc1. The van der Waals surface area contributed by atoms with Crippen LogP contribution in [0.5, 0.6) is 5.75 Å². The van der Waals surface area contributed by atoms with Gasteiger partial charge in [-0.15, -0.1) is 0 Å². The molecule has 1 aliphatic heterocycles. The Balaban J connectivity index is 1.35. The van der Waals surface area contributed by atoms with Crippen molar-refractivity contribution in [3.8, 4) is 5.75 Å². The van der Waals surface area contributed by atoms with Crippen molar-refractivity contribution in [1.29, 1.82) is 0 Å². The van der Waals surface area contributed by atoms with Gasteiger partial charge in [0.2, 0.25) is 5.91 Å². The summed E-state index contributed by atoms with van der Waals surface area (Å²) in [5.74, 6) is 0.861. The van der Waals surface area contributed by atoms with Crippen molar-refractivity contribution in [3.05, 3.63) is 54.1 Å². The largest absolute Gasteiger partial charge is 0.494 e. The molecule has 2 heterocycles. The lowest BCUT2D eigenvalue weighted by molar-refractivity contribution is -0.125. The number of hydrogen-bond donors (Lipinski definition) is 1. The number of rotatable bonds is 6. The molecule has 1 unspecified atom stereocenters. The van der Waals surface area contributed by atoms with Crippen LogP contribution < -0.4 is 15.0 Å². The summed E-state index contributed by atoms with van der Waals surface area (Å²) in [5.41, 5.74) is 2.68. The van der Waals surface area contributed by atoms with Gasteiger partial charge in [0.1, 0.15) is 11.3 Å². The zero-order valence-electron chi connectivity index (χ0n) is 16.1. The summed E-state index contributed by atoms with van der Waals surface area (Å²) in [7, 11) is 0. The highest BCUT2D eigenvalue weighted by Gasteiger charge is 2.28. The summed E-state index contributed by atoms with van der Waals surface area (Å²) >= 11 is 0. The van der Waals surface area contributed by atoms with Crippen molar-refractivity contribution >= 4 is 23.0 Å². The molecule has 1 N–H and O–H groups in total. The molecule has 6 nitrogen and oxygen atoms in total. The van der Waals surface area contributed by atoms with Gasteiger partial charge in [-0.25, -0.2) is 0 Å². The first-order valence-electron chi connectivity index (χ1n) is 9.83. The van der Waals surface area contributed by atoms with E-state index in [0.29, 0.717) is 25.7 Å². The maximum atomic E-state index is 12.7. The number of ether oxygens (including phenoxy) is 1. The molecule has 146 valence electrons. The summed E-state index contributed by atoms with van der Waals surface area (Å²) in [6, 6.07) is 16.2. The monoisotopic (exact) mass is 379 g/mol. The van der Waals surface area contributed by atoms with Crippen molar-refractivity contribution in [1.82, 2.24) is 10.3 Å². The smallest absolute Gasteiger partial charge is 0.298 e. The molecule has 0 radical (unpaired) electrons. The number of fused-ring (bicyclic) bond motifs is 1. The van der Waals surface area contributed by atoms with Gasteiger partial charge in [-0.2, -0.15) is 4.98 Å². The average Bonchev–Trinajstić information content (AvgIpc) is 3.18. The number of hydrogen-bond acceptors (Lipinski definition) is 5. The van der Waals surface area contributed by atoms with Crippen molar-refractivity contribution in [2.45, 2.75) is 26.3 Å². The lowest BCUT2D eigenvalue weighted by Crippen LogP contribution is -2.43. The molecule has 1 fully saturated rings. The molecule has 1 atom stereocenters. The third-order valence-corrected chi connectivity index (χ3v) is 5.05. The van der Waals surface area contributed by atoms with E-state index in [4.69, 9.17) is 9.15 Å². The van der Waals surface area contributed by atoms with Crippen LogP contribution in [0.3, 0.4) is 0 Å². The van der Waals surface area contributed by atoms with Crippen LogP contribution in [0.1, 0.15) is 25.3 Å². The third kappa shape index (κ3) is 4.11. The summed E-state index contributed by atoms with van der Waals surface area (Å²) in [4.78, 5) is 19.3. The number of carbonyl (C=O) groups is 1. The minimum Gasteiger partial charge on any atom is -0.494 e. The van der Waals surface area contributed by atoms with E-state index in [9.17, 15) is 4.79 Å². The Kier molecular flexibility index (Phi) is 5.46. The second-order valence-corrected chi connectivity index (χ2v) is 7.04. The number of benzene rings is 2. The molecule has 0 saturated carbocycles. The van der Waals surface area contributed by atoms with Crippen molar-refractivity contribution in [3.63, 3.8) is 0 Å². The standard InChI is InChI=1S/C22H25N3O3/c1-2-27-18-11-9-16(10-12-18)14-23-21(26)17-6-5-13-25(15-17)22-24-19-7-3-4-8-20(19)28-22/h3-4,7-12,17H,2,5-6,13-15H2,1H3,(H,23,26). The summed E-state index contributed by atoms with van der Waals surface area (Å²) in [6.45, 7) is 4.61. The number of amides is 1. The van der Waals surface area contributed by atoms with E-state index >= 15 is 0 Å². The molecule has 2 aromatic carbocycles. The number of anilines is 1. The number of nitrogens with zero attached hydrogens (tertiary/aromatic N) is 2. The second kappa shape index (κ2) is 8.33. The molecule has 28 heavy (non-hydrogen) atoms. The summed E-state index contributed by atoms with van der Waals surface area (Å²) < 4.78 is 11.3. The van der Waals surface area contributed by atoms with Crippen molar-refractivity contribution in [2.75, 3.05) is 24.6 Å². The predicted molar refractivity (Wildman–Crippen MR) is 108 cm³/mol. The summed E-state index contributed by atoms with van der Waals surface area (Å²) in [5, 5.41) is 3.06. The normalized spacial score (nSPS) is 16.9. The van der Waals surface area contributed by atoms with Crippen LogP contribution in [-0.4, -0.2) is 30.6 Å². The van der Waals surface area contributed by atoms with Crippen LogP contribution in [0.15, 0.2) is 52.9 Å². The van der Waals surface area contributed by atoms with Crippen LogP contribution >= 0.6 is 0 Å². The van der Waals surface area contributed by atoms with Crippen LogP contribution in [0, 0.1) is 5.92 Å². The van der Waals surface area contributed by atoms with Crippen LogP contribution in [0.2, 0.25) is 0 Å². The van der Waals surface area contributed by atoms with Crippen molar-refractivity contribution in [2.24, 2.45) is 5.92 Å². The fourth-order valence-electron chi connectivity index (χ4n) is 3.56. The topological polar surface area (TPSA) is 67.6 Å². The zero-order valence-corrected chi connectivity index (χ0v) is 16.1. The van der Waals surface area contributed by atoms with E-state index < -0.39 is 0 Å². The Morgan fingerprint density at radius 2 is 2.07 bits per heavy atom. The molecule has 0 spiro atoms. The minimum atomic E-state index is -0.0635. The first-order valence-corrected chi connectivity index (χ1v) is 9.83. The Morgan fingerprint density at radius 1 is 1.25 bits per heavy atom. The van der Waals surface area contributed by atoms with Gasteiger partial charge in [0.15, 0.2) is 5.58 Å². The van der Waals surface area contributed by atoms with Gasteiger partial charge in [-0.3, -0.25) is 4.79 Å². The molecule has 1 amide bonds. The van der Waals surface area contributed by atoms with Gasteiger partial charge in [0, 0.05) is 19.6 Å². The number of oxazole rings is 1. The first kappa shape index (κ1) is 18.3. The van der Waals surface area contributed by atoms with Gasteiger partial charge >= 0.3 is 0 Å². The molecule has 3 aromatic rings. The van der Waals surface area contributed by atoms with Crippen LogP contribution in [0.4, 0.5) is 6.01 Å². The maximum Gasteiger partial charge on any atom is 0.298 e. The maximum absolute atomic E-state index is 12.7. The quantitative estimate of drug-likeness (QED) is 0.706. The molecular weight excluding hydrogens is 354 g/mol. The van der Waals surface area contributed by atoms with Gasteiger partial charge in [-0.1, -0.05) is 24.3 Å². The Labute approximate surface area is 164 Å². The van der Waals surface area contributed by atoms with E-state index in [-0.39, 0.29) is 11.8 Å². The lowest BCUT2D eigenvalue weighted by Gasteiger charge is -2.30. The Hall–Kier alpha value is -3.02. The molecule has 4 rings (SSSR count). The fourth-order valence-corrected chi connectivity index (χ4v) is 3.56. The number of piperidine rings is 1. The van der Waals surface area contributed by atoms with Gasteiger partial charge in [0.25, 0.3) is 6.01 Å². The average molecular weight is 379 g/mol. The van der Waals surface area contributed by atoms with E-state index in [0.717, 1.165) is 41.8 Å². The van der Waals surface area contributed by atoms with Gasteiger partial charge in [-0.05, 0) is 49.6 Å². The molecule has 0 aliphatic carbocycles. The number of nitrogens with one attached hydrogen (secondary N) is 1. The fraction of sp³-hybridized carbons (Fsp3) is 0.364. The highest BCUT2D eigenvalue weighted by atomic mass is 16.5. The van der Waals surface area contributed by atoms with E-state index in [1.165, 1.54) is 0 Å². The molecule has 1 aromatic heterocycles. The second-order valence-electron chi connectivity index (χ2n) is 7.04. The Bertz CT molecular complexity index is 903. The molecule has 1 saturated heterocycles. The predicted octanol–water partition coefficient (Wildman–Crippen LogP) is 3.76. The van der Waals surface area contributed by atoms with E-state index in [1.54, 1.807) is 0 Å². The zero-order chi connectivity index (χ0) is 19.3. The third-order valence-electron chi connectivity index (χ3n) is 5.05. The number of para-hydroxylation sites is 2. The highest BCUT2D eigenvalue weighted by Crippen LogP contribution is 2.26. The molecule has 1 aliphatic rings.